The van der Waals surface area contributed by atoms with E-state index in [9.17, 15) is 9.90 Å². The third-order valence-corrected chi connectivity index (χ3v) is 3.99. The first-order valence-electron chi connectivity index (χ1n) is 8.00. The van der Waals surface area contributed by atoms with Crippen LogP contribution in [0.15, 0.2) is 54.7 Å². The van der Waals surface area contributed by atoms with Gasteiger partial charge < -0.3 is 9.84 Å². The lowest BCUT2D eigenvalue weighted by molar-refractivity contribution is 0.0693. The number of aryl methyl sites for hydroxylation is 3. The van der Waals surface area contributed by atoms with E-state index in [1.165, 1.54) is 0 Å². The SMILES string of the molecule is Cc1cc(C)c(Oc2ncc(-c3ccccc3)cc2C(=O)O)c(C)c1. The summed E-state index contributed by atoms with van der Waals surface area (Å²) in [6.45, 7) is 5.89. The standard InChI is InChI=1S/C21H19NO3/c1-13-9-14(2)19(15(3)10-13)25-20-18(21(23)24)11-17(12-22-20)16-7-5-4-6-8-16/h4-12H,1-3H3,(H,23,24). The van der Waals surface area contributed by atoms with Gasteiger partial charge >= 0.3 is 5.97 Å². The van der Waals surface area contributed by atoms with Crippen molar-refractivity contribution in [3.8, 4) is 22.8 Å². The van der Waals surface area contributed by atoms with Crippen LogP contribution < -0.4 is 4.74 Å². The summed E-state index contributed by atoms with van der Waals surface area (Å²) in [5.74, 6) is -0.321. The molecule has 0 aliphatic heterocycles. The number of rotatable bonds is 4. The van der Waals surface area contributed by atoms with Gasteiger partial charge in [-0.1, -0.05) is 48.0 Å². The van der Waals surface area contributed by atoms with Gasteiger partial charge in [0.25, 0.3) is 0 Å². The third-order valence-electron chi connectivity index (χ3n) is 3.99. The van der Waals surface area contributed by atoms with E-state index in [1.807, 2.05) is 63.2 Å². The summed E-state index contributed by atoms with van der Waals surface area (Å²) in [6.07, 6.45) is 1.63. The quantitative estimate of drug-likeness (QED) is 0.716. The molecule has 4 heteroatoms. The molecule has 4 nitrogen and oxygen atoms in total. The molecule has 0 aliphatic carbocycles. The Kier molecular flexibility index (Phi) is 4.52. The minimum atomic E-state index is -1.07. The van der Waals surface area contributed by atoms with Gasteiger partial charge in [-0.15, -0.1) is 0 Å². The van der Waals surface area contributed by atoms with Crippen LogP contribution in [-0.4, -0.2) is 16.1 Å². The number of hydrogen-bond donors (Lipinski definition) is 1. The van der Waals surface area contributed by atoms with Crippen molar-refractivity contribution in [1.82, 2.24) is 4.98 Å². The Bertz CT molecular complexity index is 910. The zero-order valence-electron chi connectivity index (χ0n) is 14.4. The monoisotopic (exact) mass is 333 g/mol. The molecule has 1 heterocycles. The Labute approximate surface area is 146 Å². The van der Waals surface area contributed by atoms with E-state index in [2.05, 4.69) is 4.98 Å². The van der Waals surface area contributed by atoms with Crippen LogP contribution >= 0.6 is 0 Å². The van der Waals surface area contributed by atoms with Crippen LogP contribution in [0.5, 0.6) is 11.6 Å². The third kappa shape index (κ3) is 3.53. The van der Waals surface area contributed by atoms with Crippen molar-refractivity contribution >= 4 is 5.97 Å². The van der Waals surface area contributed by atoms with Crippen molar-refractivity contribution in [3.05, 3.63) is 77.0 Å². The van der Waals surface area contributed by atoms with E-state index in [0.717, 1.165) is 27.8 Å². The molecule has 126 valence electrons. The van der Waals surface area contributed by atoms with Crippen LogP contribution in [0.1, 0.15) is 27.0 Å². The van der Waals surface area contributed by atoms with E-state index >= 15 is 0 Å². The highest BCUT2D eigenvalue weighted by molar-refractivity contribution is 5.92. The number of carboxylic acid groups (broad SMARTS) is 1. The van der Waals surface area contributed by atoms with Gasteiger partial charge in [-0.2, -0.15) is 0 Å². The number of carboxylic acids is 1. The van der Waals surface area contributed by atoms with Crippen molar-refractivity contribution in [2.45, 2.75) is 20.8 Å². The molecule has 1 N–H and O–H groups in total. The summed E-state index contributed by atoms with van der Waals surface area (Å²) >= 11 is 0. The van der Waals surface area contributed by atoms with Crippen molar-refractivity contribution in [1.29, 1.82) is 0 Å². The number of carbonyl (C=O) groups is 1. The van der Waals surface area contributed by atoms with E-state index in [-0.39, 0.29) is 11.4 Å². The van der Waals surface area contributed by atoms with Crippen LogP contribution in [0, 0.1) is 20.8 Å². The molecule has 0 amide bonds. The average molecular weight is 333 g/mol. The Morgan fingerprint density at radius 2 is 1.60 bits per heavy atom. The first-order valence-corrected chi connectivity index (χ1v) is 8.00. The summed E-state index contributed by atoms with van der Waals surface area (Å²) in [6, 6.07) is 15.1. The molecule has 3 rings (SSSR count). The highest BCUT2D eigenvalue weighted by Crippen LogP contribution is 2.32. The Balaban J connectivity index is 2.04. The topological polar surface area (TPSA) is 59.4 Å². The fourth-order valence-electron chi connectivity index (χ4n) is 2.90. The number of benzene rings is 2. The van der Waals surface area contributed by atoms with Gasteiger partial charge in [0.15, 0.2) is 0 Å². The zero-order valence-corrected chi connectivity index (χ0v) is 14.4. The molecule has 25 heavy (non-hydrogen) atoms. The molecule has 1 aromatic heterocycles. The van der Waals surface area contributed by atoms with Gasteiger partial charge in [-0.25, -0.2) is 9.78 Å². The van der Waals surface area contributed by atoms with Crippen LogP contribution in [0.2, 0.25) is 0 Å². The second kappa shape index (κ2) is 6.77. The van der Waals surface area contributed by atoms with Crippen molar-refractivity contribution < 1.29 is 14.6 Å². The molecular formula is C21H19NO3. The minimum absolute atomic E-state index is 0.0423. The smallest absolute Gasteiger partial charge is 0.341 e. The summed E-state index contributed by atoms with van der Waals surface area (Å²) < 4.78 is 5.89. The highest BCUT2D eigenvalue weighted by Gasteiger charge is 2.17. The van der Waals surface area contributed by atoms with Crippen molar-refractivity contribution in [3.63, 3.8) is 0 Å². The largest absolute Gasteiger partial charge is 0.477 e. The van der Waals surface area contributed by atoms with E-state index in [4.69, 9.17) is 4.74 Å². The van der Waals surface area contributed by atoms with Crippen LogP contribution in [-0.2, 0) is 0 Å². The van der Waals surface area contributed by atoms with Gasteiger partial charge in [0.05, 0.1) is 0 Å². The van der Waals surface area contributed by atoms with Gasteiger partial charge in [0.2, 0.25) is 5.88 Å². The Hall–Kier alpha value is -3.14. The maximum Gasteiger partial charge on any atom is 0.341 e. The molecule has 0 saturated heterocycles. The number of hydrogen-bond acceptors (Lipinski definition) is 3. The first kappa shape index (κ1) is 16.7. The lowest BCUT2D eigenvalue weighted by atomic mass is 10.1. The fourth-order valence-corrected chi connectivity index (χ4v) is 2.90. The number of nitrogens with zero attached hydrogens (tertiary/aromatic N) is 1. The molecule has 0 saturated carbocycles. The lowest BCUT2D eigenvalue weighted by Gasteiger charge is -2.14. The summed E-state index contributed by atoms with van der Waals surface area (Å²) in [5.41, 5.74) is 4.72. The van der Waals surface area contributed by atoms with E-state index in [1.54, 1.807) is 12.3 Å². The molecule has 2 aromatic carbocycles. The molecule has 0 fully saturated rings. The number of aromatic carboxylic acids is 1. The van der Waals surface area contributed by atoms with Crippen molar-refractivity contribution in [2.24, 2.45) is 0 Å². The second-order valence-electron chi connectivity index (χ2n) is 6.08. The van der Waals surface area contributed by atoms with Gasteiger partial charge in [0, 0.05) is 11.8 Å². The Morgan fingerprint density at radius 1 is 0.960 bits per heavy atom. The maximum atomic E-state index is 11.7. The average Bonchev–Trinajstić information content (AvgIpc) is 2.58. The maximum absolute atomic E-state index is 11.7. The van der Waals surface area contributed by atoms with Crippen LogP contribution in [0.25, 0.3) is 11.1 Å². The lowest BCUT2D eigenvalue weighted by Crippen LogP contribution is -2.04. The molecule has 3 aromatic rings. The van der Waals surface area contributed by atoms with Crippen molar-refractivity contribution in [2.75, 3.05) is 0 Å². The summed E-state index contributed by atoms with van der Waals surface area (Å²) in [4.78, 5) is 16.0. The normalized spacial score (nSPS) is 10.5. The van der Waals surface area contributed by atoms with Gasteiger partial charge in [-0.05, 0) is 43.5 Å². The number of pyridine rings is 1. The van der Waals surface area contributed by atoms with Crippen LogP contribution in [0.3, 0.4) is 0 Å². The van der Waals surface area contributed by atoms with Crippen LogP contribution in [0.4, 0.5) is 0 Å². The van der Waals surface area contributed by atoms with Gasteiger partial charge in [0.1, 0.15) is 11.3 Å². The number of ether oxygens (including phenoxy) is 1. The minimum Gasteiger partial charge on any atom is -0.477 e. The molecule has 0 radical (unpaired) electrons. The predicted octanol–water partition coefficient (Wildman–Crippen LogP) is 5.16. The zero-order chi connectivity index (χ0) is 18.0. The summed E-state index contributed by atoms with van der Waals surface area (Å²) in [5, 5.41) is 9.58. The van der Waals surface area contributed by atoms with E-state index < -0.39 is 5.97 Å². The Morgan fingerprint density at radius 3 is 2.20 bits per heavy atom. The highest BCUT2D eigenvalue weighted by atomic mass is 16.5. The summed E-state index contributed by atoms with van der Waals surface area (Å²) in [7, 11) is 0. The molecule has 0 bridgehead atoms. The van der Waals surface area contributed by atoms with E-state index in [0.29, 0.717) is 5.75 Å². The molecule has 0 aliphatic rings. The number of aromatic nitrogens is 1. The second-order valence-corrected chi connectivity index (χ2v) is 6.08. The fraction of sp³-hybridized carbons (Fsp3) is 0.143. The molecule has 0 spiro atoms. The molecular weight excluding hydrogens is 314 g/mol. The first-order chi connectivity index (χ1) is 12.0. The predicted molar refractivity (Wildman–Crippen MR) is 97.4 cm³/mol. The molecule has 0 unspecified atom stereocenters. The molecule has 0 atom stereocenters. The van der Waals surface area contributed by atoms with Gasteiger partial charge in [-0.3, -0.25) is 0 Å².